The topological polar surface area (TPSA) is 39.2 Å². The minimum absolute atomic E-state index is 0.266. The molecule has 3 heteroatoms. The monoisotopic (exact) mass is 227 g/mol. The lowest BCUT2D eigenvalue weighted by molar-refractivity contribution is 0.619. The average Bonchev–Trinajstić information content (AvgIpc) is 2.72. The van der Waals surface area contributed by atoms with Gasteiger partial charge < -0.3 is 10.2 Å². The van der Waals surface area contributed by atoms with Gasteiger partial charge in [0.25, 0.3) is 0 Å². The zero-order chi connectivity index (χ0) is 11.8. The van der Waals surface area contributed by atoms with E-state index in [-0.39, 0.29) is 5.82 Å². The quantitative estimate of drug-likeness (QED) is 0.642. The summed E-state index contributed by atoms with van der Waals surface area (Å²) in [5, 5.41) is 0.752. The van der Waals surface area contributed by atoms with E-state index in [9.17, 15) is 4.39 Å². The molecule has 2 aromatic carbocycles. The number of halogens is 1. The number of benzene rings is 2. The predicted molar refractivity (Wildman–Crippen MR) is 66.0 cm³/mol. The second kappa shape index (κ2) is 3.63. The maximum Gasteiger partial charge on any atom is 0.135 e. The van der Waals surface area contributed by atoms with Crippen LogP contribution in [0, 0.1) is 5.82 Å². The van der Waals surface area contributed by atoms with Gasteiger partial charge >= 0.3 is 0 Å². The highest BCUT2D eigenvalue weighted by Crippen LogP contribution is 2.29. The van der Waals surface area contributed by atoms with Gasteiger partial charge in [0.1, 0.15) is 17.2 Å². The molecule has 0 aliphatic rings. The number of furan rings is 1. The summed E-state index contributed by atoms with van der Waals surface area (Å²) in [6.07, 6.45) is 0. The minimum atomic E-state index is -0.266. The molecule has 0 spiro atoms. The smallest absolute Gasteiger partial charge is 0.135 e. The van der Waals surface area contributed by atoms with E-state index in [0.29, 0.717) is 17.0 Å². The highest BCUT2D eigenvalue weighted by Gasteiger charge is 2.06. The van der Waals surface area contributed by atoms with Crippen molar-refractivity contribution in [1.29, 1.82) is 0 Å². The van der Waals surface area contributed by atoms with Crippen molar-refractivity contribution < 1.29 is 8.81 Å². The van der Waals surface area contributed by atoms with Crippen LogP contribution >= 0.6 is 0 Å². The Kier molecular flexibility index (Phi) is 2.11. The maximum absolute atomic E-state index is 13.1. The Morgan fingerprint density at radius 1 is 1.00 bits per heavy atom. The average molecular weight is 227 g/mol. The van der Waals surface area contributed by atoms with Crippen LogP contribution in [-0.2, 0) is 0 Å². The van der Waals surface area contributed by atoms with Gasteiger partial charge in [-0.3, -0.25) is 0 Å². The molecule has 0 amide bonds. The van der Waals surface area contributed by atoms with Crippen LogP contribution in [0.2, 0.25) is 0 Å². The molecule has 0 radical (unpaired) electrons. The summed E-state index contributed by atoms with van der Waals surface area (Å²) in [5.41, 5.74) is 7.95. The van der Waals surface area contributed by atoms with E-state index in [4.69, 9.17) is 10.2 Å². The zero-order valence-corrected chi connectivity index (χ0v) is 8.98. The summed E-state index contributed by atoms with van der Waals surface area (Å²) in [7, 11) is 0. The van der Waals surface area contributed by atoms with Gasteiger partial charge in [-0.1, -0.05) is 12.1 Å². The van der Waals surface area contributed by atoms with E-state index in [2.05, 4.69) is 0 Å². The summed E-state index contributed by atoms with van der Waals surface area (Å²) in [6, 6.07) is 13.7. The maximum atomic E-state index is 13.1. The SMILES string of the molecule is Nc1cccc(-c2cc3cc(F)ccc3o2)c1. The van der Waals surface area contributed by atoms with Crippen molar-refractivity contribution in [1.82, 2.24) is 0 Å². The van der Waals surface area contributed by atoms with Crippen molar-refractivity contribution in [3.63, 3.8) is 0 Å². The Morgan fingerprint density at radius 3 is 2.71 bits per heavy atom. The third-order valence-corrected chi connectivity index (χ3v) is 2.65. The van der Waals surface area contributed by atoms with Crippen LogP contribution in [0.15, 0.2) is 52.9 Å². The fraction of sp³-hybridized carbons (Fsp3) is 0. The number of hydrogen-bond donors (Lipinski definition) is 1. The molecule has 0 atom stereocenters. The largest absolute Gasteiger partial charge is 0.456 e. The van der Waals surface area contributed by atoms with Crippen LogP contribution < -0.4 is 5.73 Å². The zero-order valence-electron chi connectivity index (χ0n) is 8.98. The Labute approximate surface area is 97.5 Å². The second-order valence-corrected chi connectivity index (χ2v) is 3.92. The van der Waals surface area contributed by atoms with Crippen molar-refractivity contribution in [3.05, 3.63) is 54.3 Å². The third kappa shape index (κ3) is 1.76. The molecule has 0 aliphatic carbocycles. The summed E-state index contributed by atoms with van der Waals surface area (Å²) >= 11 is 0. The minimum Gasteiger partial charge on any atom is -0.456 e. The molecule has 2 N–H and O–H groups in total. The number of nitrogens with two attached hydrogens (primary N) is 1. The van der Waals surface area contributed by atoms with E-state index >= 15 is 0 Å². The lowest BCUT2D eigenvalue weighted by Gasteiger charge is -1.97. The normalized spacial score (nSPS) is 10.9. The summed E-state index contributed by atoms with van der Waals surface area (Å²) in [5.74, 6) is 0.426. The first-order valence-electron chi connectivity index (χ1n) is 5.27. The van der Waals surface area contributed by atoms with Gasteiger partial charge in [-0.25, -0.2) is 4.39 Å². The molecule has 17 heavy (non-hydrogen) atoms. The Bertz CT molecular complexity index is 688. The van der Waals surface area contributed by atoms with Crippen molar-refractivity contribution >= 4 is 16.7 Å². The molecule has 0 aliphatic heterocycles. The number of hydrogen-bond acceptors (Lipinski definition) is 2. The van der Waals surface area contributed by atoms with Crippen LogP contribution in [-0.4, -0.2) is 0 Å². The van der Waals surface area contributed by atoms with Crippen LogP contribution in [0.5, 0.6) is 0 Å². The van der Waals surface area contributed by atoms with Crippen LogP contribution in [0.25, 0.3) is 22.3 Å². The Balaban J connectivity index is 2.18. The van der Waals surface area contributed by atoms with E-state index in [1.165, 1.54) is 12.1 Å². The van der Waals surface area contributed by atoms with Crippen LogP contribution in [0.3, 0.4) is 0 Å². The molecule has 1 heterocycles. The van der Waals surface area contributed by atoms with Crippen molar-refractivity contribution in [2.75, 3.05) is 5.73 Å². The fourth-order valence-corrected chi connectivity index (χ4v) is 1.85. The molecule has 2 nitrogen and oxygen atoms in total. The molecule has 0 fully saturated rings. The van der Waals surface area contributed by atoms with E-state index in [1.54, 1.807) is 6.07 Å². The molecule has 0 unspecified atom stereocenters. The van der Waals surface area contributed by atoms with Crippen LogP contribution in [0.4, 0.5) is 10.1 Å². The number of anilines is 1. The third-order valence-electron chi connectivity index (χ3n) is 2.65. The highest BCUT2D eigenvalue weighted by molar-refractivity contribution is 5.83. The van der Waals surface area contributed by atoms with Crippen LogP contribution in [0.1, 0.15) is 0 Å². The summed E-state index contributed by atoms with van der Waals surface area (Å²) < 4.78 is 18.7. The van der Waals surface area contributed by atoms with E-state index in [1.807, 2.05) is 30.3 Å². The predicted octanol–water partition coefficient (Wildman–Crippen LogP) is 3.82. The number of rotatable bonds is 1. The second-order valence-electron chi connectivity index (χ2n) is 3.92. The molecular weight excluding hydrogens is 217 g/mol. The molecule has 3 rings (SSSR count). The molecule has 3 aromatic rings. The standard InChI is InChI=1S/C14H10FNO/c15-11-4-5-13-10(6-11)8-14(17-13)9-2-1-3-12(16)7-9/h1-8H,16H2. The molecule has 1 aromatic heterocycles. The van der Waals surface area contributed by atoms with E-state index < -0.39 is 0 Å². The summed E-state index contributed by atoms with van der Waals surface area (Å²) in [4.78, 5) is 0. The lowest BCUT2D eigenvalue weighted by atomic mass is 10.1. The van der Waals surface area contributed by atoms with Crippen molar-refractivity contribution in [3.8, 4) is 11.3 Å². The molecular formula is C14H10FNO. The van der Waals surface area contributed by atoms with Gasteiger partial charge in [0.15, 0.2) is 0 Å². The highest BCUT2D eigenvalue weighted by atomic mass is 19.1. The molecule has 0 saturated carbocycles. The summed E-state index contributed by atoms with van der Waals surface area (Å²) in [6.45, 7) is 0. The number of fused-ring (bicyclic) bond motifs is 1. The molecule has 0 bridgehead atoms. The molecule has 84 valence electrons. The van der Waals surface area contributed by atoms with Gasteiger partial charge in [0, 0.05) is 16.6 Å². The molecule has 0 saturated heterocycles. The Hall–Kier alpha value is -2.29. The van der Waals surface area contributed by atoms with Gasteiger partial charge in [0.2, 0.25) is 0 Å². The first-order chi connectivity index (χ1) is 8.22. The Morgan fingerprint density at radius 2 is 1.88 bits per heavy atom. The first-order valence-corrected chi connectivity index (χ1v) is 5.27. The van der Waals surface area contributed by atoms with E-state index in [0.717, 1.165) is 10.9 Å². The lowest BCUT2D eigenvalue weighted by Crippen LogP contribution is -1.83. The first kappa shape index (κ1) is 9.90. The van der Waals surface area contributed by atoms with Gasteiger partial charge in [-0.05, 0) is 36.4 Å². The van der Waals surface area contributed by atoms with Crippen molar-refractivity contribution in [2.45, 2.75) is 0 Å². The number of nitrogen functional groups attached to an aromatic ring is 1. The van der Waals surface area contributed by atoms with Crippen molar-refractivity contribution in [2.24, 2.45) is 0 Å². The van der Waals surface area contributed by atoms with Gasteiger partial charge in [-0.15, -0.1) is 0 Å². The van der Waals surface area contributed by atoms with Gasteiger partial charge in [-0.2, -0.15) is 0 Å². The van der Waals surface area contributed by atoms with Gasteiger partial charge in [0.05, 0.1) is 0 Å². The fourth-order valence-electron chi connectivity index (χ4n) is 1.85.